The number of carbonyl (C=O) groups is 1. The summed E-state index contributed by atoms with van der Waals surface area (Å²) in [6.45, 7) is 6.24. The molecule has 1 aliphatic carbocycles. The van der Waals surface area contributed by atoms with Crippen molar-refractivity contribution in [2.45, 2.75) is 50.6 Å². The molecule has 1 aromatic carbocycles. The number of methoxy groups -OCH3 is 1. The molecule has 25 heavy (non-hydrogen) atoms. The van der Waals surface area contributed by atoms with Gasteiger partial charge < -0.3 is 9.64 Å². The number of anilines is 1. The number of hydrogen-bond donors (Lipinski definition) is 0. The number of para-hydroxylation sites is 1. The molecule has 0 radical (unpaired) electrons. The van der Waals surface area contributed by atoms with Crippen LogP contribution in [0.2, 0.25) is 0 Å². The highest BCUT2D eigenvalue weighted by Crippen LogP contribution is 2.63. The number of allylic oxidation sites excluding steroid dienone is 1. The van der Waals surface area contributed by atoms with Crippen molar-refractivity contribution in [3.63, 3.8) is 0 Å². The normalized spacial score (nSPS) is 37.2. The SMILES string of the molecule is C/C=C1\C2CCN3CCC4(c5cccc(OC)c5N(C(C)=O)C4C2)C13. The summed E-state index contributed by atoms with van der Waals surface area (Å²) < 4.78 is 5.69. The van der Waals surface area contributed by atoms with Crippen LogP contribution in [0, 0.1) is 5.92 Å². The minimum Gasteiger partial charge on any atom is -0.495 e. The largest absolute Gasteiger partial charge is 0.495 e. The summed E-state index contributed by atoms with van der Waals surface area (Å²) in [6.07, 6.45) is 5.81. The second kappa shape index (κ2) is 5.10. The summed E-state index contributed by atoms with van der Waals surface area (Å²) in [5.41, 5.74) is 4.01. The fourth-order valence-corrected chi connectivity index (χ4v) is 6.50. The molecule has 3 fully saturated rings. The van der Waals surface area contributed by atoms with Gasteiger partial charge in [0, 0.05) is 24.4 Å². The number of nitrogens with zero attached hydrogens (tertiary/aromatic N) is 2. The van der Waals surface area contributed by atoms with E-state index in [1.807, 2.05) is 6.07 Å². The smallest absolute Gasteiger partial charge is 0.224 e. The van der Waals surface area contributed by atoms with Gasteiger partial charge in [-0.15, -0.1) is 0 Å². The average molecular weight is 338 g/mol. The molecule has 0 aromatic heterocycles. The van der Waals surface area contributed by atoms with Crippen molar-refractivity contribution in [2.75, 3.05) is 25.1 Å². The quantitative estimate of drug-likeness (QED) is 0.738. The molecule has 0 N–H and O–H groups in total. The van der Waals surface area contributed by atoms with Gasteiger partial charge >= 0.3 is 0 Å². The van der Waals surface area contributed by atoms with Crippen LogP contribution >= 0.6 is 0 Å². The lowest BCUT2D eigenvalue weighted by molar-refractivity contribution is -0.117. The summed E-state index contributed by atoms with van der Waals surface area (Å²) in [4.78, 5) is 17.5. The van der Waals surface area contributed by atoms with Gasteiger partial charge in [0.05, 0.1) is 12.8 Å². The molecule has 4 heteroatoms. The number of piperidine rings is 1. The van der Waals surface area contributed by atoms with Gasteiger partial charge in [-0.1, -0.05) is 23.8 Å². The Morgan fingerprint density at radius 1 is 1.36 bits per heavy atom. The maximum atomic E-state index is 12.7. The lowest BCUT2D eigenvalue weighted by Crippen LogP contribution is -2.61. The van der Waals surface area contributed by atoms with Crippen LogP contribution in [0.25, 0.3) is 0 Å². The van der Waals surface area contributed by atoms with E-state index in [2.05, 4.69) is 34.9 Å². The molecule has 2 bridgehead atoms. The van der Waals surface area contributed by atoms with E-state index in [1.165, 1.54) is 18.5 Å². The van der Waals surface area contributed by atoms with Gasteiger partial charge in [0.25, 0.3) is 0 Å². The van der Waals surface area contributed by atoms with Crippen molar-refractivity contribution in [1.82, 2.24) is 4.90 Å². The van der Waals surface area contributed by atoms with E-state index in [4.69, 9.17) is 4.74 Å². The molecular weight excluding hydrogens is 312 g/mol. The Labute approximate surface area is 149 Å². The molecule has 3 heterocycles. The van der Waals surface area contributed by atoms with E-state index in [0.717, 1.165) is 30.8 Å². The highest BCUT2D eigenvalue weighted by atomic mass is 16.5. The molecule has 132 valence electrons. The Morgan fingerprint density at radius 3 is 2.92 bits per heavy atom. The first kappa shape index (κ1) is 15.4. The topological polar surface area (TPSA) is 32.8 Å². The highest BCUT2D eigenvalue weighted by Gasteiger charge is 2.66. The summed E-state index contributed by atoms with van der Waals surface area (Å²) in [5.74, 6) is 1.60. The van der Waals surface area contributed by atoms with Gasteiger partial charge in [0.15, 0.2) is 0 Å². The number of fused-ring (bicyclic) bond motifs is 2. The van der Waals surface area contributed by atoms with Crippen LogP contribution < -0.4 is 9.64 Å². The van der Waals surface area contributed by atoms with Crippen molar-refractivity contribution < 1.29 is 9.53 Å². The minimum absolute atomic E-state index is 0.0360. The molecule has 4 atom stereocenters. The third-order valence-electron chi connectivity index (χ3n) is 7.27. The molecule has 1 aromatic rings. The highest BCUT2D eigenvalue weighted by molar-refractivity contribution is 5.98. The zero-order valence-electron chi connectivity index (χ0n) is 15.3. The van der Waals surface area contributed by atoms with E-state index >= 15 is 0 Å². The van der Waals surface area contributed by atoms with E-state index in [-0.39, 0.29) is 17.4 Å². The van der Waals surface area contributed by atoms with Crippen LogP contribution in [0.4, 0.5) is 5.69 Å². The summed E-state index contributed by atoms with van der Waals surface area (Å²) in [7, 11) is 1.71. The molecule has 3 aliphatic heterocycles. The number of hydrogen-bond acceptors (Lipinski definition) is 3. The molecule has 1 amide bonds. The minimum atomic E-state index is 0.0360. The molecule has 2 saturated heterocycles. The van der Waals surface area contributed by atoms with E-state index in [9.17, 15) is 4.79 Å². The number of benzene rings is 1. The van der Waals surface area contributed by atoms with Crippen LogP contribution in [0.1, 0.15) is 38.7 Å². The average Bonchev–Trinajstić information content (AvgIpc) is 3.16. The predicted octanol–water partition coefficient (Wildman–Crippen LogP) is 3.11. The first-order chi connectivity index (χ1) is 12.1. The Bertz CT molecular complexity index is 786. The fourth-order valence-electron chi connectivity index (χ4n) is 6.50. The van der Waals surface area contributed by atoms with Crippen LogP contribution in [-0.4, -0.2) is 43.1 Å². The van der Waals surface area contributed by atoms with Gasteiger partial charge in [-0.05, 0) is 56.8 Å². The lowest BCUT2D eigenvalue weighted by atomic mass is 9.58. The molecule has 1 spiro atoms. The molecule has 4 aliphatic rings. The summed E-state index contributed by atoms with van der Waals surface area (Å²) >= 11 is 0. The van der Waals surface area contributed by atoms with Gasteiger partial charge in [-0.2, -0.15) is 0 Å². The molecule has 1 saturated carbocycles. The van der Waals surface area contributed by atoms with Crippen molar-refractivity contribution >= 4 is 11.6 Å². The first-order valence-electron chi connectivity index (χ1n) is 9.51. The second-order valence-electron chi connectivity index (χ2n) is 8.00. The lowest BCUT2D eigenvalue weighted by Gasteiger charge is -2.53. The zero-order chi connectivity index (χ0) is 17.3. The maximum Gasteiger partial charge on any atom is 0.224 e. The number of rotatable bonds is 1. The van der Waals surface area contributed by atoms with Crippen molar-refractivity contribution in [2.24, 2.45) is 5.92 Å². The van der Waals surface area contributed by atoms with Crippen molar-refractivity contribution in [3.05, 3.63) is 35.4 Å². The molecular formula is C21H26N2O2. The van der Waals surface area contributed by atoms with Gasteiger partial charge in [0.2, 0.25) is 5.91 Å². The Morgan fingerprint density at radius 2 is 2.20 bits per heavy atom. The van der Waals surface area contributed by atoms with Gasteiger partial charge in [0.1, 0.15) is 5.75 Å². The van der Waals surface area contributed by atoms with Crippen LogP contribution in [0.5, 0.6) is 5.75 Å². The Balaban J connectivity index is 1.80. The number of ether oxygens (including phenoxy) is 1. The van der Waals surface area contributed by atoms with Crippen molar-refractivity contribution in [3.8, 4) is 5.75 Å². The van der Waals surface area contributed by atoms with Crippen LogP contribution in [-0.2, 0) is 10.2 Å². The number of carbonyl (C=O) groups excluding carboxylic acids is 1. The zero-order valence-corrected chi connectivity index (χ0v) is 15.3. The first-order valence-corrected chi connectivity index (χ1v) is 9.51. The summed E-state index contributed by atoms with van der Waals surface area (Å²) in [6, 6.07) is 7.06. The van der Waals surface area contributed by atoms with Crippen LogP contribution in [0.15, 0.2) is 29.8 Å². The summed E-state index contributed by atoms with van der Waals surface area (Å²) in [5, 5.41) is 0. The molecule has 4 unspecified atom stereocenters. The monoisotopic (exact) mass is 338 g/mol. The predicted molar refractivity (Wildman–Crippen MR) is 98.1 cm³/mol. The fraction of sp³-hybridized carbons (Fsp3) is 0.571. The standard InChI is InChI=1S/C21H26N2O2/c1-4-15-14-8-10-22-11-9-21(20(15)22)16-6-5-7-17(25-3)19(16)23(13(2)24)18(21)12-14/h4-7,14,18,20H,8-12H2,1-3H3/b15-4+. The Hall–Kier alpha value is -1.81. The Kier molecular flexibility index (Phi) is 3.15. The van der Waals surface area contributed by atoms with Crippen molar-refractivity contribution in [1.29, 1.82) is 0 Å². The van der Waals surface area contributed by atoms with Gasteiger partial charge in [-0.25, -0.2) is 0 Å². The second-order valence-corrected chi connectivity index (χ2v) is 8.00. The van der Waals surface area contributed by atoms with Gasteiger partial charge in [-0.3, -0.25) is 9.69 Å². The van der Waals surface area contributed by atoms with E-state index < -0.39 is 0 Å². The molecule has 5 rings (SSSR count). The third-order valence-corrected chi connectivity index (χ3v) is 7.27. The number of amides is 1. The molecule has 4 nitrogen and oxygen atoms in total. The van der Waals surface area contributed by atoms with E-state index in [0.29, 0.717) is 12.0 Å². The van der Waals surface area contributed by atoms with Crippen LogP contribution in [0.3, 0.4) is 0 Å². The van der Waals surface area contributed by atoms with E-state index in [1.54, 1.807) is 19.6 Å². The third kappa shape index (κ3) is 1.69. The maximum absolute atomic E-state index is 12.7.